The molecule has 0 aromatic rings. The van der Waals surface area contributed by atoms with Gasteiger partial charge in [0.2, 0.25) is 5.91 Å². The van der Waals surface area contributed by atoms with Crippen molar-refractivity contribution in [1.29, 1.82) is 0 Å². The molecular formula is C6H7NO3. The topological polar surface area (TPSA) is 55.4 Å². The highest BCUT2D eigenvalue weighted by molar-refractivity contribution is 5.95. The predicted octanol–water partition coefficient (Wildman–Crippen LogP) is -0.954. The van der Waals surface area contributed by atoms with E-state index >= 15 is 0 Å². The quantitative estimate of drug-likeness (QED) is 0.442. The molecule has 0 radical (unpaired) electrons. The number of nitrogens with one attached hydrogen (secondary N) is 1. The number of hydrogen-bond donors (Lipinski definition) is 1. The molecule has 1 N–H and O–H groups in total. The van der Waals surface area contributed by atoms with Gasteiger partial charge in [-0.25, -0.2) is 4.79 Å². The third-order valence-corrected chi connectivity index (χ3v) is 2.04. The van der Waals surface area contributed by atoms with Gasteiger partial charge in [0.15, 0.2) is 6.04 Å². The van der Waals surface area contributed by atoms with E-state index in [1.807, 2.05) is 0 Å². The molecule has 0 bridgehead atoms. The normalized spacial score (nSPS) is 43.5. The number of rotatable bonds is 0. The Bertz CT molecular complexity index is 213. The Labute approximate surface area is 57.5 Å². The third-order valence-electron chi connectivity index (χ3n) is 2.04. The summed E-state index contributed by atoms with van der Waals surface area (Å²) in [5.74, 6) is -0.550. The lowest BCUT2D eigenvalue weighted by Crippen LogP contribution is -2.53. The van der Waals surface area contributed by atoms with Crippen molar-refractivity contribution in [2.24, 2.45) is 5.92 Å². The number of esters is 1. The van der Waals surface area contributed by atoms with Crippen LogP contribution >= 0.6 is 0 Å². The van der Waals surface area contributed by atoms with E-state index in [0.717, 1.165) is 0 Å². The summed E-state index contributed by atoms with van der Waals surface area (Å²) in [7, 11) is 0. The molecule has 0 aliphatic carbocycles. The molecule has 4 nitrogen and oxygen atoms in total. The third kappa shape index (κ3) is 0.465. The molecule has 4 heteroatoms. The smallest absolute Gasteiger partial charge is 0.332 e. The summed E-state index contributed by atoms with van der Waals surface area (Å²) in [4.78, 5) is 21.4. The molecule has 2 aliphatic heterocycles. The SMILES string of the molecule is CC1C(=O)NC2C(=O)OC12. The number of amides is 1. The Hall–Kier alpha value is -1.06. The summed E-state index contributed by atoms with van der Waals surface area (Å²) in [5, 5.41) is 2.54. The molecule has 10 heavy (non-hydrogen) atoms. The van der Waals surface area contributed by atoms with Crippen LogP contribution in [0.15, 0.2) is 0 Å². The van der Waals surface area contributed by atoms with Gasteiger partial charge in [0.25, 0.3) is 0 Å². The van der Waals surface area contributed by atoms with E-state index in [9.17, 15) is 9.59 Å². The van der Waals surface area contributed by atoms with Gasteiger partial charge in [0.1, 0.15) is 6.10 Å². The molecule has 2 saturated heterocycles. The van der Waals surface area contributed by atoms with E-state index in [1.54, 1.807) is 6.92 Å². The van der Waals surface area contributed by atoms with E-state index < -0.39 is 0 Å². The fraction of sp³-hybridized carbons (Fsp3) is 0.667. The Morgan fingerprint density at radius 3 is 2.60 bits per heavy atom. The summed E-state index contributed by atoms with van der Waals surface area (Å²) in [6.07, 6.45) is -0.194. The zero-order chi connectivity index (χ0) is 7.30. The first kappa shape index (κ1) is 5.70. The highest BCUT2D eigenvalue weighted by Gasteiger charge is 2.54. The van der Waals surface area contributed by atoms with E-state index in [2.05, 4.69) is 5.32 Å². The van der Waals surface area contributed by atoms with Gasteiger partial charge in [-0.3, -0.25) is 4.79 Å². The minimum atomic E-state index is -0.345. The fourth-order valence-corrected chi connectivity index (χ4v) is 1.30. The van der Waals surface area contributed by atoms with Crippen LogP contribution in [-0.2, 0) is 14.3 Å². The maximum absolute atomic E-state index is 10.8. The lowest BCUT2D eigenvalue weighted by molar-refractivity contribution is -0.175. The molecule has 1 amide bonds. The molecule has 0 aromatic carbocycles. The highest BCUT2D eigenvalue weighted by Crippen LogP contribution is 2.28. The average molecular weight is 141 g/mol. The van der Waals surface area contributed by atoms with E-state index in [4.69, 9.17) is 4.74 Å². The van der Waals surface area contributed by atoms with Crippen molar-refractivity contribution >= 4 is 11.9 Å². The van der Waals surface area contributed by atoms with Crippen molar-refractivity contribution in [1.82, 2.24) is 5.32 Å². The van der Waals surface area contributed by atoms with Crippen molar-refractivity contribution < 1.29 is 14.3 Å². The molecule has 0 spiro atoms. The molecule has 0 aromatic heterocycles. The summed E-state index contributed by atoms with van der Waals surface area (Å²) in [6.45, 7) is 1.76. The molecule has 2 fully saturated rings. The van der Waals surface area contributed by atoms with Crippen LogP contribution in [0, 0.1) is 5.92 Å². The first-order valence-electron chi connectivity index (χ1n) is 3.21. The lowest BCUT2D eigenvalue weighted by atomic mass is 9.99. The molecule has 54 valence electrons. The van der Waals surface area contributed by atoms with Crippen molar-refractivity contribution in [2.75, 3.05) is 0 Å². The average Bonchev–Trinajstić information content (AvgIpc) is 2.12. The van der Waals surface area contributed by atoms with Crippen LogP contribution in [0.2, 0.25) is 0 Å². The Morgan fingerprint density at radius 2 is 2.20 bits per heavy atom. The number of ether oxygens (including phenoxy) is 1. The minimum absolute atomic E-state index is 0.0825. The van der Waals surface area contributed by atoms with Gasteiger partial charge in [0, 0.05) is 0 Å². The van der Waals surface area contributed by atoms with Gasteiger partial charge >= 0.3 is 5.97 Å². The van der Waals surface area contributed by atoms with Gasteiger partial charge in [-0.2, -0.15) is 0 Å². The number of carbonyl (C=O) groups is 2. The fourth-order valence-electron chi connectivity index (χ4n) is 1.30. The molecule has 0 saturated carbocycles. The van der Waals surface area contributed by atoms with Gasteiger partial charge < -0.3 is 10.1 Å². The Morgan fingerprint density at radius 1 is 1.50 bits per heavy atom. The molecule has 2 aliphatic rings. The van der Waals surface area contributed by atoms with Crippen LogP contribution in [-0.4, -0.2) is 24.0 Å². The van der Waals surface area contributed by atoms with Crippen LogP contribution < -0.4 is 5.32 Å². The largest absolute Gasteiger partial charge is 0.457 e. The van der Waals surface area contributed by atoms with Crippen LogP contribution in [0.3, 0.4) is 0 Å². The number of hydrogen-bond acceptors (Lipinski definition) is 3. The second-order valence-corrected chi connectivity index (χ2v) is 2.68. The molecular weight excluding hydrogens is 134 g/mol. The monoisotopic (exact) mass is 141 g/mol. The van der Waals surface area contributed by atoms with Gasteiger partial charge in [0.05, 0.1) is 5.92 Å². The zero-order valence-corrected chi connectivity index (χ0v) is 5.46. The van der Waals surface area contributed by atoms with Crippen LogP contribution in [0.4, 0.5) is 0 Å². The van der Waals surface area contributed by atoms with Crippen LogP contribution in [0.1, 0.15) is 6.92 Å². The van der Waals surface area contributed by atoms with Gasteiger partial charge in [-0.1, -0.05) is 0 Å². The van der Waals surface area contributed by atoms with Gasteiger partial charge in [-0.05, 0) is 6.92 Å². The van der Waals surface area contributed by atoms with Crippen LogP contribution in [0.5, 0.6) is 0 Å². The summed E-state index contributed by atoms with van der Waals surface area (Å²) < 4.78 is 4.72. The molecule has 3 unspecified atom stereocenters. The predicted molar refractivity (Wildman–Crippen MR) is 31.0 cm³/mol. The summed E-state index contributed by atoms with van der Waals surface area (Å²) in [6, 6.07) is -0.345. The second kappa shape index (κ2) is 1.51. The Kier molecular flexibility index (Phi) is 0.859. The number of carbonyl (C=O) groups excluding carboxylic acids is 2. The van der Waals surface area contributed by atoms with Crippen molar-refractivity contribution in [3.8, 4) is 0 Å². The highest BCUT2D eigenvalue weighted by atomic mass is 16.6. The van der Waals surface area contributed by atoms with Crippen molar-refractivity contribution in [3.63, 3.8) is 0 Å². The van der Waals surface area contributed by atoms with Crippen molar-refractivity contribution in [3.05, 3.63) is 0 Å². The standard InChI is InChI=1S/C6H7NO3/c1-2-4-3(6(9)10-4)7-5(2)8/h2-4H,1H3,(H,7,8). The van der Waals surface area contributed by atoms with Gasteiger partial charge in [-0.15, -0.1) is 0 Å². The lowest BCUT2D eigenvalue weighted by Gasteiger charge is -2.29. The molecule has 2 heterocycles. The van der Waals surface area contributed by atoms with Crippen molar-refractivity contribution in [2.45, 2.75) is 19.1 Å². The maximum Gasteiger partial charge on any atom is 0.332 e. The summed E-state index contributed by atoms with van der Waals surface area (Å²) in [5.41, 5.74) is 0. The van der Waals surface area contributed by atoms with Crippen LogP contribution in [0.25, 0.3) is 0 Å². The zero-order valence-electron chi connectivity index (χ0n) is 5.46. The first-order chi connectivity index (χ1) is 4.70. The minimum Gasteiger partial charge on any atom is -0.457 e. The maximum atomic E-state index is 10.8. The van der Waals surface area contributed by atoms with E-state index in [1.165, 1.54) is 0 Å². The first-order valence-corrected chi connectivity index (χ1v) is 3.21. The van der Waals surface area contributed by atoms with E-state index in [-0.39, 0.29) is 29.9 Å². The second-order valence-electron chi connectivity index (χ2n) is 2.68. The summed E-state index contributed by atoms with van der Waals surface area (Å²) >= 11 is 0. The number of fused-ring (bicyclic) bond motifs is 1. The Balaban J connectivity index is 2.20. The van der Waals surface area contributed by atoms with E-state index in [0.29, 0.717) is 0 Å². The molecule has 2 rings (SSSR count). The molecule has 3 atom stereocenters.